The van der Waals surface area contributed by atoms with Crippen LogP contribution < -0.4 is 74.2 Å². The number of unbranched alkanes of at least 4 members (excludes halogenated alkanes) is 20. The van der Waals surface area contributed by atoms with Gasteiger partial charge in [0.2, 0.25) is 5.91 Å². The molecule has 13 heteroatoms. The molecular formula is C35H66NNa2O9P. The fourth-order valence-electron chi connectivity index (χ4n) is 5.26. The van der Waals surface area contributed by atoms with Gasteiger partial charge in [0.05, 0.1) is 14.4 Å². The quantitative estimate of drug-likeness (QED) is 0.0452. The molecule has 0 fully saturated rings. The van der Waals surface area contributed by atoms with Gasteiger partial charge in [0.1, 0.15) is 6.61 Å². The van der Waals surface area contributed by atoms with Gasteiger partial charge in [-0.3, -0.25) is 14.4 Å². The molecule has 0 bridgehead atoms. The predicted octanol–water partition coefficient (Wildman–Crippen LogP) is 1.59. The smallest absolute Gasteiger partial charge is 0.790 e. The summed E-state index contributed by atoms with van der Waals surface area (Å²) in [5.74, 6) is -0.858. The van der Waals surface area contributed by atoms with Gasteiger partial charge in [0, 0.05) is 25.8 Å². The summed E-state index contributed by atoms with van der Waals surface area (Å²) in [6.45, 7) is 3.96. The van der Waals surface area contributed by atoms with Crippen molar-refractivity contribution in [3.63, 3.8) is 0 Å². The molecule has 0 aliphatic carbocycles. The standard InChI is InChI=1S/C35H68NO9P.2Na/c1-3-5-6-7-8-9-10-11-12-14-18-21-24-28-35(39)45-32(31-44-46(40,41)42)30-43-34(38)27-23-20-17-15-13-16-19-22-25-29-36-33(37)26-4-2;;/h32H,3-31H2,1-2H3,(H,36,37)(H2,40,41,42);;/q;2*+1/p-2/t32-;;/m1../s1. The molecule has 0 aromatic carbocycles. The molecule has 0 saturated carbocycles. The van der Waals surface area contributed by atoms with Crippen LogP contribution in [0.1, 0.15) is 181 Å². The van der Waals surface area contributed by atoms with E-state index >= 15 is 0 Å². The van der Waals surface area contributed by atoms with Gasteiger partial charge in [-0.1, -0.05) is 136 Å². The first-order valence-electron chi connectivity index (χ1n) is 18.5. The molecule has 0 aromatic heterocycles. The summed E-state index contributed by atoms with van der Waals surface area (Å²) in [5.41, 5.74) is 0. The Morgan fingerprint density at radius 3 is 1.42 bits per heavy atom. The minimum absolute atomic E-state index is 0. The molecule has 0 heterocycles. The Hall–Kier alpha value is 0.520. The number of ether oxygens (including phenoxy) is 2. The average molecular weight is 722 g/mol. The number of carbonyl (C=O) groups is 3. The zero-order valence-corrected chi connectivity index (χ0v) is 36.1. The van der Waals surface area contributed by atoms with Gasteiger partial charge in [-0.05, 0) is 25.7 Å². The van der Waals surface area contributed by atoms with Crippen LogP contribution in [0.5, 0.6) is 0 Å². The Morgan fingerprint density at radius 1 is 0.562 bits per heavy atom. The van der Waals surface area contributed by atoms with Gasteiger partial charge in [0.25, 0.3) is 0 Å². The van der Waals surface area contributed by atoms with Crippen LogP contribution in [0, 0.1) is 0 Å². The maximum Gasteiger partial charge on any atom is 1.00 e. The van der Waals surface area contributed by atoms with Crippen LogP contribution in [0.15, 0.2) is 0 Å². The van der Waals surface area contributed by atoms with Gasteiger partial charge in [0.15, 0.2) is 6.10 Å². The number of carbonyl (C=O) groups excluding carboxylic acids is 3. The fraction of sp³-hybridized carbons (Fsp3) is 0.914. The molecule has 0 saturated heterocycles. The molecule has 0 aliphatic heterocycles. The molecule has 0 aliphatic rings. The van der Waals surface area contributed by atoms with Gasteiger partial charge < -0.3 is 33.7 Å². The molecule has 0 radical (unpaired) electrons. The van der Waals surface area contributed by atoms with E-state index in [0.29, 0.717) is 19.3 Å². The van der Waals surface area contributed by atoms with Gasteiger partial charge in [-0.25, -0.2) is 0 Å². The number of hydrogen-bond donors (Lipinski definition) is 1. The van der Waals surface area contributed by atoms with Crippen LogP contribution >= 0.6 is 7.82 Å². The second-order valence-corrected chi connectivity index (χ2v) is 13.7. The van der Waals surface area contributed by atoms with Crippen molar-refractivity contribution in [1.82, 2.24) is 5.32 Å². The third-order valence-corrected chi connectivity index (χ3v) is 8.45. The van der Waals surface area contributed by atoms with Gasteiger partial charge >= 0.3 is 71.1 Å². The third-order valence-electron chi connectivity index (χ3n) is 7.99. The van der Waals surface area contributed by atoms with Crippen LogP contribution in [-0.4, -0.2) is 43.7 Å². The van der Waals surface area contributed by atoms with E-state index in [0.717, 1.165) is 83.6 Å². The molecule has 1 atom stereocenters. The van der Waals surface area contributed by atoms with E-state index in [1.54, 1.807) is 0 Å². The summed E-state index contributed by atoms with van der Waals surface area (Å²) in [6.07, 6.45) is 25.4. The molecule has 0 aromatic rings. The van der Waals surface area contributed by atoms with Crippen LogP contribution in [0.25, 0.3) is 0 Å². The second kappa shape index (κ2) is 38.7. The van der Waals surface area contributed by atoms with Crippen molar-refractivity contribution in [2.75, 3.05) is 19.8 Å². The van der Waals surface area contributed by atoms with Crippen LogP contribution in [0.2, 0.25) is 0 Å². The number of rotatable bonds is 34. The maximum atomic E-state index is 12.3. The summed E-state index contributed by atoms with van der Waals surface area (Å²) in [5, 5.41) is 2.93. The number of esters is 2. The zero-order valence-electron chi connectivity index (χ0n) is 31.2. The summed E-state index contributed by atoms with van der Waals surface area (Å²) >= 11 is 0. The average Bonchev–Trinajstić information content (AvgIpc) is 3.01. The first-order chi connectivity index (χ1) is 22.2. The van der Waals surface area contributed by atoms with Crippen molar-refractivity contribution in [2.45, 2.75) is 187 Å². The summed E-state index contributed by atoms with van der Waals surface area (Å²) in [6, 6.07) is 0. The number of amides is 1. The van der Waals surface area contributed by atoms with E-state index in [1.807, 2.05) is 6.92 Å². The molecule has 0 unspecified atom stereocenters. The second-order valence-electron chi connectivity index (χ2n) is 12.6. The minimum atomic E-state index is -5.26. The van der Waals surface area contributed by atoms with Crippen LogP contribution in [0.4, 0.5) is 0 Å². The van der Waals surface area contributed by atoms with Crippen LogP contribution in [0.3, 0.4) is 0 Å². The Labute approximate surface area is 336 Å². The summed E-state index contributed by atoms with van der Waals surface area (Å²) < 4.78 is 25.7. The number of hydrogen-bond acceptors (Lipinski definition) is 9. The van der Waals surface area contributed by atoms with Gasteiger partial charge in [-0.2, -0.15) is 0 Å². The molecule has 0 rings (SSSR count). The Kier molecular flexibility index (Phi) is 42.7. The van der Waals surface area contributed by atoms with Crippen molar-refractivity contribution in [3.8, 4) is 0 Å². The third kappa shape index (κ3) is 40.9. The molecule has 272 valence electrons. The molecular weight excluding hydrogens is 655 g/mol. The van der Waals surface area contributed by atoms with Crippen molar-refractivity contribution >= 4 is 25.7 Å². The van der Waals surface area contributed by atoms with E-state index in [-0.39, 0.29) is 84.5 Å². The first-order valence-corrected chi connectivity index (χ1v) is 19.9. The monoisotopic (exact) mass is 721 g/mol. The Bertz CT molecular complexity index is 802. The Balaban J connectivity index is -0.0000101. The van der Waals surface area contributed by atoms with E-state index < -0.39 is 32.5 Å². The SMILES string of the molecule is CCCCCCCCCCCCCCCC(=O)O[C@H](COC(=O)CCCCCCCCCCCNC(=O)CCC)COP(=O)([O-])[O-].[Na+].[Na+]. The predicted molar refractivity (Wildman–Crippen MR) is 179 cm³/mol. The van der Waals surface area contributed by atoms with Crippen LogP contribution in [-0.2, 0) is 32.9 Å². The largest absolute Gasteiger partial charge is 1.00 e. The minimum Gasteiger partial charge on any atom is -0.790 e. The summed E-state index contributed by atoms with van der Waals surface area (Å²) in [7, 11) is -5.26. The Morgan fingerprint density at radius 2 is 0.979 bits per heavy atom. The first kappa shape index (κ1) is 52.9. The maximum absolute atomic E-state index is 12.3. The molecule has 48 heavy (non-hydrogen) atoms. The van der Waals surface area contributed by atoms with E-state index in [1.165, 1.54) is 57.8 Å². The van der Waals surface area contributed by atoms with Crippen molar-refractivity contribution in [3.05, 3.63) is 0 Å². The number of nitrogens with one attached hydrogen (secondary N) is 1. The fourth-order valence-corrected chi connectivity index (χ4v) is 5.60. The number of phosphoric acid groups is 1. The normalized spacial score (nSPS) is 11.7. The zero-order chi connectivity index (χ0) is 34.1. The van der Waals surface area contributed by atoms with Crippen molar-refractivity contribution < 1.29 is 102 Å². The van der Waals surface area contributed by atoms with Gasteiger partial charge in [-0.15, -0.1) is 0 Å². The topological polar surface area (TPSA) is 154 Å². The van der Waals surface area contributed by atoms with E-state index in [9.17, 15) is 28.7 Å². The number of phosphoric ester groups is 1. The van der Waals surface area contributed by atoms with Crippen molar-refractivity contribution in [2.24, 2.45) is 0 Å². The molecule has 1 amide bonds. The van der Waals surface area contributed by atoms with E-state index in [4.69, 9.17) is 9.47 Å². The van der Waals surface area contributed by atoms with Crippen molar-refractivity contribution in [1.29, 1.82) is 0 Å². The molecule has 0 spiro atoms. The molecule has 10 nitrogen and oxygen atoms in total. The van der Waals surface area contributed by atoms with E-state index in [2.05, 4.69) is 16.8 Å². The summed E-state index contributed by atoms with van der Waals surface area (Å²) in [4.78, 5) is 57.7. The molecule has 1 N–H and O–H groups in total.